The monoisotopic (exact) mass is 103 g/mol. The first-order valence-corrected chi connectivity index (χ1v) is 1.86. The van der Waals surface area contributed by atoms with Gasteiger partial charge in [-0.15, -0.1) is 5.43 Å². The molecule has 0 aliphatic rings. The van der Waals surface area contributed by atoms with Gasteiger partial charge in [-0.25, -0.2) is 4.79 Å². The van der Waals surface area contributed by atoms with Crippen molar-refractivity contribution < 1.29 is 4.79 Å². The summed E-state index contributed by atoms with van der Waals surface area (Å²) in [5, 5.41) is 1.47. The van der Waals surface area contributed by atoms with Crippen LogP contribution in [0.5, 0.6) is 0 Å². The fraction of sp³-hybridized carbons (Fsp3) is 0.667. The molecule has 0 aromatic carbocycles. The summed E-state index contributed by atoms with van der Waals surface area (Å²) < 4.78 is 0. The van der Waals surface area contributed by atoms with Crippen molar-refractivity contribution in [2.24, 2.45) is 5.73 Å². The van der Waals surface area contributed by atoms with Crippen LogP contribution in [0.4, 0.5) is 4.79 Å². The molecule has 0 aromatic rings. The minimum atomic E-state index is -0.537. The van der Waals surface area contributed by atoms with Crippen molar-refractivity contribution in [1.82, 2.24) is 10.4 Å². The van der Waals surface area contributed by atoms with Crippen LogP contribution < -0.4 is 16.2 Å². The molecule has 0 saturated heterocycles. The quantitative estimate of drug-likeness (QED) is 0.323. The molecule has 0 bridgehead atoms. The number of rotatable bonds is 1. The fourth-order valence-electron chi connectivity index (χ4n) is 0.220. The zero-order valence-electron chi connectivity index (χ0n) is 4.43. The van der Waals surface area contributed by atoms with E-state index in [9.17, 15) is 4.79 Å². The average Bonchev–Trinajstić information content (AvgIpc) is 1.27. The molecule has 4 heteroatoms. The van der Waals surface area contributed by atoms with Crippen LogP contribution in [0, 0.1) is 0 Å². The van der Waals surface area contributed by atoms with Crippen LogP contribution in [-0.2, 0) is 0 Å². The Balaban J connectivity index is 3.13. The maximum atomic E-state index is 9.88. The van der Waals surface area contributed by atoms with E-state index >= 15 is 0 Å². The van der Waals surface area contributed by atoms with Gasteiger partial charge in [-0.3, -0.25) is 0 Å². The lowest BCUT2D eigenvalue weighted by Gasteiger charge is -1.94. The van der Waals surface area contributed by atoms with Gasteiger partial charge in [0.25, 0.3) is 0 Å². The number of nitrogens with zero attached hydrogens (tertiary/aromatic N) is 1. The molecule has 0 spiro atoms. The van der Waals surface area contributed by atoms with Gasteiger partial charge in [-0.1, -0.05) is 5.01 Å². The number of urea groups is 1. The van der Waals surface area contributed by atoms with E-state index in [4.69, 9.17) is 5.73 Å². The normalized spacial score (nSPS) is 9.00. The second kappa shape index (κ2) is 2.41. The van der Waals surface area contributed by atoms with Crippen molar-refractivity contribution in [3.63, 3.8) is 0 Å². The molecule has 0 aromatic heterocycles. The molecule has 0 atom stereocenters. The molecule has 7 heavy (non-hydrogen) atoms. The number of hydrogen-bond acceptors (Lipinski definition) is 2. The van der Waals surface area contributed by atoms with Gasteiger partial charge in [-0.2, -0.15) is 0 Å². The summed E-state index contributed by atoms with van der Waals surface area (Å²) in [7, 11) is 3.37. The zero-order valence-corrected chi connectivity index (χ0v) is 4.43. The van der Waals surface area contributed by atoms with Crippen LogP contribution in [-0.4, -0.2) is 20.1 Å². The highest BCUT2D eigenvalue weighted by Crippen LogP contribution is 1.53. The maximum Gasteiger partial charge on any atom is 0.361 e. The number of hydrazine groups is 1. The maximum absolute atomic E-state index is 9.88. The summed E-state index contributed by atoms with van der Waals surface area (Å²) in [5.41, 5.74) is 6.98. The van der Waals surface area contributed by atoms with E-state index in [0.29, 0.717) is 0 Å². The van der Waals surface area contributed by atoms with Crippen molar-refractivity contribution in [3.8, 4) is 0 Å². The Morgan fingerprint density at radius 2 is 2.14 bits per heavy atom. The molecule has 0 aliphatic heterocycles. The molecule has 0 fully saturated rings. The first kappa shape index (κ1) is 6.23. The Hall–Kier alpha value is -0.770. The van der Waals surface area contributed by atoms with Gasteiger partial charge in [0.15, 0.2) is 0 Å². The summed E-state index contributed by atoms with van der Waals surface area (Å²) in [6.07, 6.45) is 0. The summed E-state index contributed by atoms with van der Waals surface area (Å²) in [6, 6.07) is -0.537. The standard InChI is InChI=1S/C3H9N3O/c1-6(2)5-3(4)7/h1-2H3,(H3,4,5,7)/q+1. The third kappa shape index (κ3) is 5.23. The second-order valence-corrected chi connectivity index (χ2v) is 1.37. The van der Waals surface area contributed by atoms with E-state index in [0.717, 1.165) is 0 Å². The van der Waals surface area contributed by atoms with Crippen LogP contribution in [0.15, 0.2) is 0 Å². The Morgan fingerprint density at radius 3 is 2.14 bits per heavy atom. The van der Waals surface area contributed by atoms with E-state index in [-0.39, 0.29) is 0 Å². The largest absolute Gasteiger partial charge is 0.361 e. The SMILES string of the molecule is C[N+](C)NC(N)=O. The highest BCUT2D eigenvalue weighted by molar-refractivity contribution is 5.71. The third-order valence-corrected chi connectivity index (χ3v) is 0.334. The number of hydrogen-bond donors (Lipinski definition) is 2. The predicted octanol–water partition coefficient (Wildman–Crippen LogP) is -1.03. The van der Waals surface area contributed by atoms with Gasteiger partial charge in [-0.05, 0) is 0 Å². The van der Waals surface area contributed by atoms with E-state index in [1.807, 2.05) is 0 Å². The number of carbonyl (C=O) groups is 1. The smallest absolute Gasteiger partial charge is 0.348 e. The lowest BCUT2D eigenvalue weighted by atomic mass is 11.0. The summed E-state index contributed by atoms with van der Waals surface area (Å²) in [5.74, 6) is 0. The van der Waals surface area contributed by atoms with Crippen molar-refractivity contribution in [2.45, 2.75) is 0 Å². The van der Waals surface area contributed by atoms with Crippen LogP contribution in [0.2, 0.25) is 0 Å². The Labute approximate surface area is 42.3 Å². The van der Waals surface area contributed by atoms with Crippen molar-refractivity contribution in [3.05, 3.63) is 0 Å². The van der Waals surface area contributed by atoms with Gasteiger partial charge in [0.2, 0.25) is 0 Å². The van der Waals surface area contributed by atoms with Crippen molar-refractivity contribution in [2.75, 3.05) is 14.1 Å². The van der Waals surface area contributed by atoms with Crippen LogP contribution in [0.1, 0.15) is 0 Å². The topological polar surface area (TPSA) is 61.0 Å². The lowest BCUT2D eigenvalue weighted by Crippen LogP contribution is -2.43. The molecule has 2 amide bonds. The van der Waals surface area contributed by atoms with Crippen LogP contribution >= 0.6 is 0 Å². The first-order valence-electron chi connectivity index (χ1n) is 1.86. The first-order chi connectivity index (χ1) is 3.13. The lowest BCUT2D eigenvalue weighted by molar-refractivity contribution is 0.238. The number of primary amides is 1. The van der Waals surface area contributed by atoms with Gasteiger partial charge >= 0.3 is 6.03 Å². The Bertz CT molecular complexity index is 70.6. The van der Waals surface area contributed by atoms with E-state index in [1.54, 1.807) is 14.1 Å². The molecule has 0 saturated carbocycles. The molecule has 1 radical (unpaired) electrons. The number of nitrogens with one attached hydrogen (secondary N) is 1. The highest BCUT2D eigenvalue weighted by Gasteiger charge is 1.98. The zero-order chi connectivity index (χ0) is 5.86. The number of carbonyl (C=O) groups excluding carboxylic acids is 1. The van der Waals surface area contributed by atoms with Gasteiger partial charge in [0.05, 0.1) is 0 Å². The second-order valence-electron chi connectivity index (χ2n) is 1.37. The molecule has 0 heterocycles. The summed E-state index contributed by atoms with van der Waals surface area (Å²) in [4.78, 5) is 9.88. The predicted molar refractivity (Wildman–Crippen MR) is 26.7 cm³/mol. The molecule has 4 nitrogen and oxygen atoms in total. The number of nitrogens with two attached hydrogens (primary N) is 1. The summed E-state index contributed by atoms with van der Waals surface area (Å²) >= 11 is 0. The van der Waals surface area contributed by atoms with Crippen molar-refractivity contribution in [1.29, 1.82) is 0 Å². The molecular formula is C3H9N3O+. The minimum Gasteiger partial charge on any atom is -0.348 e. The Kier molecular flexibility index (Phi) is 2.15. The average molecular weight is 103 g/mol. The molecule has 0 rings (SSSR count). The van der Waals surface area contributed by atoms with Gasteiger partial charge in [0, 0.05) is 0 Å². The summed E-state index contributed by atoms with van der Waals surface area (Å²) in [6.45, 7) is 0. The fourth-order valence-corrected chi connectivity index (χ4v) is 0.220. The van der Waals surface area contributed by atoms with Crippen molar-refractivity contribution >= 4 is 6.03 Å². The van der Waals surface area contributed by atoms with E-state index in [2.05, 4.69) is 5.43 Å². The number of amides is 2. The molecule has 41 valence electrons. The minimum absolute atomic E-state index is 0.537. The van der Waals surface area contributed by atoms with Crippen LogP contribution in [0.25, 0.3) is 0 Å². The van der Waals surface area contributed by atoms with Gasteiger partial charge < -0.3 is 5.73 Å². The molecule has 0 unspecified atom stereocenters. The molecule has 0 aliphatic carbocycles. The Morgan fingerprint density at radius 1 is 1.71 bits per heavy atom. The molecular weight excluding hydrogens is 94.1 g/mol. The van der Waals surface area contributed by atoms with Crippen LogP contribution in [0.3, 0.4) is 0 Å². The van der Waals surface area contributed by atoms with E-state index in [1.165, 1.54) is 5.01 Å². The van der Waals surface area contributed by atoms with E-state index < -0.39 is 6.03 Å². The molecule has 3 N–H and O–H groups in total. The third-order valence-electron chi connectivity index (χ3n) is 0.334. The highest BCUT2D eigenvalue weighted by atomic mass is 16.2. The van der Waals surface area contributed by atoms with Gasteiger partial charge in [0.1, 0.15) is 14.1 Å².